The number of amides is 2. The lowest BCUT2D eigenvalue weighted by Crippen LogP contribution is -2.36. The highest BCUT2D eigenvalue weighted by molar-refractivity contribution is 8.00. The lowest BCUT2D eigenvalue weighted by molar-refractivity contribution is -0.128. The molecule has 0 aliphatic carbocycles. The van der Waals surface area contributed by atoms with Gasteiger partial charge < -0.3 is 19.7 Å². The van der Waals surface area contributed by atoms with Gasteiger partial charge in [0.1, 0.15) is 16.9 Å². The molecule has 0 radical (unpaired) electrons. The van der Waals surface area contributed by atoms with Crippen molar-refractivity contribution < 1.29 is 19.1 Å². The van der Waals surface area contributed by atoms with E-state index in [2.05, 4.69) is 5.32 Å². The molecule has 0 spiro atoms. The van der Waals surface area contributed by atoms with Gasteiger partial charge in [-0.1, -0.05) is 6.07 Å². The van der Waals surface area contributed by atoms with Crippen LogP contribution in [0.4, 0.5) is 0 Å². The lowest BCUT2D eigenvalue weighted by atomic mass is 10.1. The Morgan fingerprint density at radius 3 is 2.55 bits per heavy atom. The summed E-state index contributed by atoms with van der Waals surface area (Å²) in [6.45, 7) is 2.34. The molecule has 120 valence electrons. The van der Waals surface area contributed by atoms with Crippen LogP contribution < -0.4 is 14.8 Å². The average molecular weight is 324 g/mol. The van der Waals surface area contributed by atoms with E-state index < -0.39 is 0 Å². The summed E-state index contributed by atoms with van der Waals surface area (Å²) in [6.07, 6.45) is 0. The number of ether oxygens (including phenoxy) is 2. The maximum atomic E-state index is 12.1. The third-order valence-electron chi connectivity index (χ3n) is 3.41. The second-order valence-corrected chi connectivity index (χ2v) is 5.88. The molecule has 0 saturated carbocycles. The summed E-state index contributed by atoms with van der Waals surface area (Å²) in [5.41, 5.74) is 0.853. The molecule has 1 aliphatic heterocycles. The summed E-state index contributed by atoms with van der Waals surface area (Å²) < 4.78 is 10.9. The minimum Gasteiger partial charge on any atom is -0.496 e. The number of hydrogen-bond acceptors (Lipinski definition) is 5. The molecule has 0 aromatic heterocycles. The van der Waals surface area contributed by atoms with Crippen molar-refractivity contribution in [1.29, 1.82) is 0 Å². The normalized spacial score (nSPS) is 17.5. The Balaban J connectivity index is 2.26. The van der Waals surface area contributed by atoms with Crippen LogP contribution in [0.5, 0.6) is 11.5 Å². The molecule has 1 fully saturated rings. The smallest absolute Gasteiger partial charge is 0.233 e. The van der Waals surface area contributed by atoms with E-state index in [0.29, 0.717) is 30.3 Å². The molecular formula is C15H20N2O4S. The Morgan fingerprint density at radius 1 is 1.36 bits per heavy atom. The molecular weight excluding hydrogens is 304 g/mol. The molecule has 1 heterocycles. The first-order valence-electron chi connectivity index (χ1n) is 6.95. The fourth-order valence-electron chi connectivity index (χ4n) is 2.41. The summed E-state index contributed by atoms with van der Waals surface area (Å²) in [6, 6.07) is 5.56. The van der Waals surface area contributed by atoms with E-state index in [1.54, 1.807) is 19.1 Å². The molecule has 1 aliphatic rings. The van der Waals surface area contributed by atoms with Gasteiger partial charge >= 0.3 is 0 Å². The highest BCUT2D eigenvalue weighted by atomic mass is 32.2. The van der Waals surface area contributed by atoms with E-state index in [9.17, 15) is 9.59 Å². The Morgan fingerprint density at radius 2 is 2.00 bits per heavy atom. The van der Waals surface area contributed by atoms with Crippen LogP contribution in [-0.4, -0.2) is 49.8 Å². The number of thioether (sulfide) groups is 1. The SMILES string of the molecule is COc1cccc(OC)c1C1SCC(=O)N1CCNC(C)=O. The van der Waals surface area contributed by atoms with Gasteiger partial charge in [-0.15, -0.1) is 11.8 Å². The maximum Gasteiger partial charge on any atom is 0.233 e. The zero-order valence-electron chi connectivity index (χ0n) is 12.9. The van der Waals surface area contributed by atoms with Crippen molar-refractivity contribution in [2.75, 3.05) is 33.1 Å². The molecule has 22 heavy (non-hydrogen) atoms. The van der Waals surface area contributed by atoms with Crippen molar-refractivity contribution in [2.45, 2.75) is 12.3 Å². The van der Waals surface area contributed by atoms with Gasteiger partial charge in [-0.05, 0) is 12.1 Å². The highest BCUT2D eigenvalue weighted by Crippen LogP contribution is 2.46. The van der Waals surface area contributed by atoms with Crippen LogP contribution in [0, 0.1) is 0 Å². The van der Waals surface area contributed by atoms with Crippen molar-refractivity contribution in [3.63, 3.8) is 0 Å². The molecule has 1 aromatic carbocycles. The van der Waals surface area contributed by atoms with Crippen molar-refractivity contribution in [3.05, 3.63) is 23.8 Å². The third-order valence-corrected chi connectivity index (χ3v) is 4.63. The van der Waals surface area contributed by atoms with Gasteiger partial charge in [0.2, 0.25) is 11.8 Å². The predicted octanol–water partition coefficient (Wildman–Crippen LogP) is 1.41. The summed E-state index contributed by atoms with van der Waals surface area (Å²) >= 11 is 1.53. The van der Waals surface area contributed by atoms with Crippen molar-refractivity contribution in [3.8, 4) is 11.5 Å². The molecule has 1 unspecified atom stereocenters. The maximum absolute atomic E-state index is 12.1. The van der Waals surface area contributed by atoms with Crippen molar-refractivity contribution in [2.24, 2.45) is 0 Å². The van der Waals surface area contributed by atoms with Crippen molar-refractivity contribution >= 4 is 23.6 Å². The van der Waals surface area contributed by atoms with E-state index in [-0.39, 0.29) is 17.2 Å². The number of nitrogens with one attached hydrogen (secondary N) is 1. The van der Waals surface area contributed by atoms with Gasteiger partial charge in [-0.25, -0.2) is 0 Å². The van der Waals surface area contributed by atoms with Gasteiger partial charge in [-0.2, -0.15) is 0 Å². The van der Waals surface area contributed by atoms with Crippen LogP contribution in [0.1, 0.15) is 17.9 Å². The molecule has 1 atom stereocenters. The van der Waals surface area contributed by atoms with Gasteiger partial charge in [0, 0.05) is 20.0 Å². The molecule has 2 rings (SSSR count). The largest absolute Gasteiger partial charge is 0.496 e. The molecule has 7 heteroatoms. The quantitative estimate of drug-likeness (QED) is 0.857. The highest BCUT2D eigenvalue weighted by Gasteiger charge is 2.36. The first-order valence-corrected chi connectivity index (χ1v) is 7.99. The minimum absolute atomic E-state index is 0.0494. The molecule has 6 nitrogen and oxygen atoms in total. The Bertz CT molecular complexity index is 542. The van der Waals surface area contributed by atoms with E-state index in [1.807, 2.05) is 18.2 Å². The van der Waals surface area contributed by atoms with E-state index in [0.717, 1.165) is 5.56 Å². The van der Waals surface area contributed by atoms with Crippen LogP contribution in [0.2, 0.25) is 0 Å². The summed E-state index contributed by atoms with van der Waals surface area (Å²) in [4.78, 5) is 24.9. The second-order valence-electron chi connectivity index (χ2n) is 4.81. The second kappa shape index (κ2) is 7.40. The number of methoxy groups -OCH3 is 2. The van der Waals surface area contributed by atoms with E-state index >= 15 is 0 Å². The molecule has 1 N–H and O–H groups in total. The Labute approximate surface area is 134 Å². The van der Waals surface area contributed by atoms with E-state index in [1.165, 1.54) is 18.7 Å². The van der Waals surface area contributed by atoms with Crippen LogP contribution in [0.3, 0.4) is 0 Å². The zero-order valence-corrected chi connectivity index (χ0v) is 13.7. The molecule has 1 aromatic rings. The van der Waals surface area contributed by atoms with Crippen LogP contribution >= 0.6 is 11.8 Å². The predicted molar refractivity (Wildman–Crippen MR) is 85.1 cm³/mol. The van der Waals surface area contributed by atoms with Gasteiger partial charge in [0.05, 0.1) is 25.5 Å². The summed E-state index contributed by atoms with van der Waals surface area (Å²) in [5, 5.41) is 2.54. The zero-order chi connectivity index (χ0) is 16.1. The standard InChI is InChI=1S/C15H20N2O4S/c1-10(18)16-7-8-17-13(19)9-22-15(17)14-11(20-2)5-4-6-12(14)21-3/h4-6,15H,7-9H2,1-3H3,(H,16,18). The number of carbonyl (C=O) groups is 2. The molecule has 2 amide bonds. The first kappa shape index (κ1) is 16.5. The average Bonchev–Trinajstić information content (AvgIpc) is 2.87. The Kier molecular flexibility index (Phi) is 5.54. The number of hydrogen-bond donors (Lipinski definition) is 1. The summed E-state index contributed by atoms with van der Waals surface area (Å²) in [7, 11) is 3.20. The van der Waals surface area contributed by atoms with E-state index in [4.69, 9.17) is 9.47 Å². The van der Waals surface area contributed by atoms with Crippen LogP contribution in [0.15, 0.2) is 18.2 Å². The number of rotatable bonds is 6. The molecule has 1 saturated heterocycles. The fraction of sp³-hybridized carbons (Fsp3) is 0.467. The van der Waals surface area contributed by atoms with Crippen LogP contribution in [-0.2, 0) is 9.59 Å². The minimum atomic E-state index is -0.174. The molecule has 0 bridgehead atoms. The number of nitrogens with zero attached hydrogens (tertiary/aromatic N) is 1. The van der Waals surface area contributed by atoms with Crippen LogP contribution in [0.25, 0.3) is 0 Å². The number of carbonyl (C=O) groups excluding carboxylic acids is 2. The topological polar surface area (TPSA) is 67.9 Å². The number of benzene rings is 1. The monoisotopic (exact) mass is 324 g/mol. The van der Waals surface area contributed by atoms with Gasteiger partial charge in [0.15, 0.2) is 0 Å². The lowest BCUT2D eigenvalue weighted by Gasteiger charge is -2.26. The third kappa shape index (κ3) is 3.47. The van der Waals surface area contributed by atoms with Crippen molar-refractivity contribution in [1.82, 2.24) is 10.2 Å². The first-order chi connectivity index (χ1) is 10.6. The van der Waals surface area contributed by atoms with Gasteiger partial charge in [0.25, 0.3) is 0 Å². The van der Waals surface area contributed by atoms with Gasteiger partial charge in [-0.3, -0.25) is 9.59 Å². The Hall–Kier alpha value is -1.89. The summed E-state index contributed by atoms with van der Waals surface area (Å²) in [5.74, 6) is 1.73. The fourth-order valence-corrected chi connectivity index (χ4v) is 3.68.